The Morgan fingerprint density at radius 2 is 2.00 bits per heavy atom. The van der Waals surface area contributed by atoms with Gasteiger partial charge in [0.25, 0.3) is 5.91 Å². The van der Waals surface area contributed by atoms with Crippen molar-refractivity contribution >= 4 is 17.3 Å². The summed E-state index contributed by atoms with van der Waals surface area (Å²) in [5.74, 6) is -0.425. The van der Waals surface area contributed by atoms with Crippen LogP contribution in [0, 0.1) is 11.3 Å². The summed E-state index contributed by atoms with van der Waals surface area (Å²) in [5.41, 5.74) is 7.10. The Kier molecular flexibility index (Phi) is 3.58. The fourth-order valence-corrected chi connectivity index (χ4v) is 1.88. The van der Waals surface area contributed by atoms with Gasteiger partial charge in [0.15, 0.2) is 0 Å². The second-order valence-corrected chi connectivity index (χ2v) is 4.26. The van der Waals surface area contributed by atoms with Crippen LogP contribution in [0.15, 0.2) is 42.5 Å². The minimum atomic E-state index is -0.388. The zero-order chi connectivity index (χ0) is 14.7. The first kappa shape index (κ1) is 13.4. The molecular weight excluding hydrogens is 254 g/mol. The highest BCUT2D eigenvalue weighted by molar-refractivity contribution is 6.09. The molecule has 0 fully saturated rings. The van der Waals surface area contributed by atoms with Crippen molar-refractivity contribution in [1.29, 1.82) is 5.26 Å². The Hall–Kier alpha value is -3.00. The molecule has 0 aromatic heterocycles. The van der Waals surface area contributed by atoms with Crippen molar-refractivity contribution in [2.75, 3.05) is 17.7 Å². The standard InChI is InChI=1S/C15H13N3O2/c1-18(14-5-3-2-4-10(14)9-16)15(20)12-8-11(19)6-7-13(12)17/h2-8,19H,17H2,1H3. The molecule has 20 heavy (non-hydrogen) atoms. The fourth-order valence-electron chi connectivity index (χ4n) is 1.88. The zero-order valence-corrected chi connectivity index (χ0v) is 10.9. The molecule has 5 heteroatoms. The number of phenols is 1. The van der Waals surface area contributed by atoms with Gasteiger partial charge >= 0.3 is 0 Å². The number of aromatic hydroxyl groups is 1. The molecule has 0 spiro atoms. The largest absolute Gasteiger partial charge is 0.508 e. The molecule has 0 aliphatic heterocycles. The fraction of sp³-hybridized carbons (Fsp3) is 0.0667. The normalized spacial score (nSPS) is 9.80. The molecule has 0 aliphatic carbocycles. The van der Waals surface area contributed by atoms with Crippen LogP contribution >= 0.6 is 0 Å². The van der Waals surface area contributed by atoms with E-state index in [2.05, 4.69) is 0 Å². The highest BCUT2D eigenvalue weighted by Gasteiger charge is 2.18. The molecule has 0 aliphatic rings. The Balaban J connectivity index is 2.43. The zero-order valence-electron chi connectivity index (χ0n) is 10.9. The van der Waals surface area contributed by atoms with Crippen LogP contribution in [0.25, 0.3) is 0 Å². The van der Waals surface area contributed by atoms with Crippen molar-refractivity contribution in [3.8, 4) is 11.8 Å². The predicted octanol–water partition coefficient (Wildman–Crippen LogP) is 2.12. The van der Waals surface area contributed by atoms with Crippen molar-refractivity contribution in [3.05, 3.63) is 53.6 Å². The highest BCUT2D eigenvalue weighted by Crippen LogP contribution is 2.24. The van der Waals surface area contributed by atoms with Crippen molar-refractivity contribution in [2.45, 2.75) is 0 Å². The highest BCUT2D eigenvalue weighted by atomic mass is 16.3. The molecule has 0 unspecified atom stereocenters. The quantitative estimate of drug-likeness (QED) is 0.644. The van der Waals surface area contributed by atoms with Crippen LogP contribution in [0.5, 0.6) is 5.75 Å². The Bertz CT molecular complexity index is 705. The number of nitriles is 1. The van der Waals surface area contributed by atoms with Gasteiger partial charge in [-0.15, -0.1) is 0 Å². The van der Waals surface area contributed by atoms with Crippen LogP contribution in [0.1, 0.15) is 15.9 Å². The van der Waals surface area contributed by atoms with E-state index in [4.69, 9.17) is 11.0 Å². The third-order valence-electron chi connectivity index (χ3n) is 2.96. The van der Waals surface area contributed by atoms with Crippen LogP contribution in [0.3, 0.4) is 0 Å². The summed E-state index contributed by atoms with van der Waals surface area (Å²) < 4.78 is 0. The number of amides is 1. The molecule has 0 saturated carbocycles. The van der Waals surface area contributed by atoms with Gasteiger partial charge in [0, 0.05) is 12.7 Å². The van der Waals surface area contributed by atoms with Crippen LogP contribution < -0.4 is 10.6 Å². The number of carbonyl (C=O) groups is 1. The molecule has 0 radical (unpaired) electrons. The van der Waals surface area contributed by atoms with Gasteiger partial charge in [-0.3, -0.25) is 4.79 Å². The molecule has 0 bridgehead atoms. The Labute approximate surface area is 116 Å². The number of hydrogen-bond acceptors (Lipinski definition) is 4. The number of nitrogens with two attached hydrogens (primary N) is 1. The van der Waals surface area contributed by atoms with Crippen LogP contribution in [-0.2, 0) is 0 Å². The van der Waals surface area contributed by atoms with E-state index in [1.54, 1.807) is 31.3 Å². The smallest absolute Gasteiger partial charge is 0.260 e. The lowest BCUT2D eigenvalue weighted by atomic mass is 10.1. The molecule has 3 N–H and O–H groups in total. The minimum absolute atomic E-state index is 0.0375. The van der Waals surface area contributed by atoms with Crippen molar-refractivity contribution in [1.82, 2.24) is 0 Å². The maximum atomic E-state index is 12.4. The van der Waals surface area contributed by atoms with Gasteiger partial charge in [-0.2, -0.15) is 5.26 Å². The molecule has 0 saturated heterocycles. The number of carbonyl (C=O) groups excluding carboxylic acids is 1. The number of anilines is 2. The lowest BCUT2D eigenvalue weighted by molar-refractivity contribution is 0.0993. The van der Waals surface area contributed by atoms with Crippen molar-refractivity contribution < 1.29 is 9.90 Å². The molecule has 2 aromatic carbocycles. The third-order valence-corrected chi connectivity index (χ3v) is 2.96. The average molecular weight is 267 g/mol. The van der Waals surface area contributed by atoms with Gasteiger partial charge in [0.05, 0.1) is 16.8 Å². The first-order valence-corrected chi connectivity index (χ1v) is 5.90. The number of phenolic OH excluding ortho intramolecular Hbond substituents is 1. The molecule has 2 rings (SSSR count). The van der Waals surface area contributed by atoms with Crippen LogP contribution in [-0.4, -0.2) is 18.1 Å². The monoisotopic (exact) mass is 267 g/mol. The van der Waals surface area contributed by atoms with Crippen LogP contribution in [0.4, 0.5) is 11.4 Å². The lowest BCUT2D eigenvalue weighted by Gasteiger charge is -2.19. The van der Waals surface area contributed by atoms with E-state index in [1.165, 1.54) is 23.1 Å². The summed E-state index contributed by atoms with van der Waals surface area (Å²) in [5, 5.41) is 18.5. The number of nitrogen functional groups attached to an aromatic ring is 1. The van der Waals surface area contributed by atoms with E-state index in [1.807, 2.05) is 6.07 Å². The number of hydrogen-bond donors (Lipinski definition) is 2. The van der Waals surface area contributed by atoms with Gasteiger partial charge in [0.1, 0.15) is 11.8 Å². The van der Waals surface area contributed by atoms with Gasteiger partial charge in [-0.25, -0.2) is 0 Å². The van der Waals surface area contributed by atoms with E-state index in [9.17, 15) is 9.90 Å². The first-order valence-electron chi connectivity index (χ1n) is 5.90. The van der Waals surface area contributed by atoms with Gasteiger partial charge in [0.2, 0.25) is 0 Å². The number of benzene rings is 2. The summed E-state index contributed by atoms with van der Waals surface area (Å²) in [4.78, 5) is 13.7. The van der Waals surface area contributed by atoms with Gasteiger partial charge < -0.3 is 15.7 Å². The summed E-state index contributed by atoms with van der Waals surface area (Å²) in [6, 6.07) is 13.0. The second kappa shape index (κ2) is 5.33. The summed E-state index contributed by atoms with van der Waals surface area (Å²) in [7, 11) is 1.56. The predicted molar refractivity (Wildman–Crippen MR) is 76.4 cm³/mol. The average Bonchev–Trinajstić information content (AvgIpc) is 2.48. The molecule has 2 aromatic rings. The first-order chi connectivity index (χ1) is 9.54. The van der Waals surface area contributed by atoms with E-state index in [0.29, 0.717) is 11.3 Å². The maximum Gasteiger partial charge on any atom is 0.260 e. The SMILES string of the molecule is CN(C(=O)c1cc(O)ccc1N)c1ccccc1C#N. The van der Waals surface area contributed by atoms with E-state index < -0.39 is 0 Å². The van der Waals surface area contributed by atoms with Gasteiger partial charge in [-0.05, 0) is 30.3 Å². The summed E-state index contributed by atoms with van der Waals surface area (Å²) in [6.45, 7) is 0. The van der Waals surface area contributed by atoms with Gasteiger partial charge in [-0.1, -0.05) is 12.1 Å². The third kappa shape index (κ3) is 2.40. The topological polar surface area (TPSA) is 90.3 Å². The maximum absolute atomic E-state index is 12.4. The Morgan fingerprint density at radius 1 is 1.30 bits per heavy atom. The molecule has 100 valence electrons. The molecule has 0 heterocycles. The summed E-state index contributed by atoms with van der Waals surface area (Å²) in [6.07, 6.45) is 0. The van der Waals surface area contributed by atoms with E-state index >= 15 is 0 Å². The van der Waals surface area contributed by atoms with Crippen molar-refractivity contribution in [2.24, 2.45) is 0 Å². The number of rotatable bonds is 2. The summed E-state index contributed by atoms with van der Waals surface area (Å²) >= 11 is 0. The molecule has 0 atom stereocenters. The van der Waals surface area contributed by atoms with E-state index in [-0.39, 0.29) is 22.9 Å². The Morgan fingerprint density at radius 3 is 2.70 bits per heavy atom. The number of para-hydroxylation sites is 1. The lowest BCUT2D eigenvalue weighted by Crippen LogP contribution is -2.27. The molecule has 1 amide bonds. The van der Waals surface area contributed by atoms with E-state index in [0.717, 1.165) is 0 Å². The number of nitrogens with zero attached hydrogens (tertiary/aromatic N) is 2. The molecular formula is C15H13N3O2. The van der Waals surface area contributed by atoms with Crippen molar-refractivity contribution in [3.63, 3.8) is 0 Å². The minimum Gasteiger partial charge on any atom is -0.508 e. The second-order valence-electron chi connectivity index (χ2n) is 4.26. The van der Waals surface area contributed by atoms with Crippen LogP contribution in [0.2, 0.25) is 0 Å². The molecule has 5 nitrogen and oxygen atoms in total.